The largest absolute Gasteiger partial charge is 0.456 e. The van der Waals surface area contributed by atoms with E-state index in [2.05, 4.69) is 89.9 Å². The Hall–Kier alpha value is -6.85. The van der Waals surface area contributed by atoms with Crippen molar-refractivity contribution in [2.75, 3.05) is 0 Å². The zero-order valence-electron chi connectivity index (χ0n) is 26.7. The van der Waals surface area contributed by atoms with E-state index in [0.29, 0.717) is 5.82 Å². The molecule has 0 fully saturated rings. The van der Waals surface area contributed by atoms with Gasteiger partial charge in [-0.2, -0.15) is 0 Å². The Bertz CT molecular complexity index is 2850. The molecule has 0 spiro atoms. The minimum absolute atomic E-state index is 0.634. The lowest BCUT2D eigenvalue weighted by molar-refractivity contribution is 0.668. The van der Waals surface area contributed by atoms with Crippen LogP contribution in [0.4, 0.5) is 0 Å². The third kappa shape index (κ3) is 4.60. The number of para-hydroxylation sites is 2. The summed E-state index contributed by atoms with van der Waals surface area (Å²) >= 11 is 0. The maximum atomic E-state index is 6.73. The van der Waals surface area contributed by atoms with Gasteiger partial charge in [0, 0.05) is 56.2 Å². The van der Waals surface area contributed by atoms with Crippen molar-refractivity contribution >= 4 is 43.9 Å². The Kier molecular flexibility index (Phi) is 6.42. The maximum absolute atomic E-state index is 6.73. The van der Waals surface area contributed by atoms with Crippen molar-refractivity contribution in [3.63, 3.8) is 0 Å². The molecule has 0 unspecified atom stereocenters. The summed E-state index contributed by atoms with van der Waals surface area (Å²) in [6.07, 6.45) is 3.63. The molecule has 0 N–H and O–H groups in total. The van der Waals surface area contributed by atoms with Crippen molar-refractivity contribution in [3.8, 4) is 56.2 Å². The van der Waals surface area contributed by atoms with Crippen molar-refractivity contribution in [1.82, 2.24) is 15.0 Å². The predicted octanol–water partition coefficient (Wildman–Crippen LogP) is 12.0. The summed E-state index contributed by atoms with van der Waals surface area (Å²) in [7, 11) is 0. The van der Waals surface area contributed by atoms with Gasteiger partial charge in [-0.25, -0.2) is 9.97 Å². The topological polar surface area (TPSA) is 65.0 Å². The number of nitrogens with zero attached hydrogens (tertiary/aromatic N) is 3. The molecule has 234 valence electrons. The summed E-state index contributed by atoms with van der Waals surface area (Å²) in [6, 6.07) is 51.8. The second-order valence-electron chi connectivity index (χ2n) is 12.4. The third-order valence-corrected chi connectivity index (χ3v) is 9.45. The molecule has 10 rings (SSSR count). The average Bonchev–Trinajstić information content (AvgIpc) is 3.77. The van der Waals surface area contributed by atoms with Crippen LogP contribution in [0.15, 0.2) is 173 Å². The van der Waals surface area contributed by atoms with E-state index in [0.717, 1.165) is 94.2 Å². The Labute approximate surface area is 287 Å². The standard InChI is InChI=1S/C45H27N3O2/c1-2-9-30(10-3-1)37-27-38(31-19-17-28(18-20-31)29-23-25-46-26-24-29)48-45(47-37)36-22-21-33(44-43(36)35-12-5-7-15-40(35)50-44)32-13-8-16-41-42(32)34-11-4-6-14-39(34)49-41/h1-27H. The van der Waals surface area contributed by atoms with E-state index in [4.69, 9.17) is 18.8 Å². The Balaban J connectivity index is 1.21. The first-order chi connectivity index (χ1) is 24.8. The number of aromatic nitrogens is 3. The SMILES string of the molecule is c1ccc(-c2cc(-c3ccc(-c4ccncc4)cc3)nc(-c3ccc(-c4cccc5oc6ccccc6c45)c4oc5ccccc5c34)n2)cc1. The second-order valence-corrected chi connectivity index (χ2v) is 12.4. The number of rotatable bonds is 5. The predicted molar refractivity (Wildman–Crippen MR) is 202 cm³/mol. The summed E-state index contributed by atoms with van der Waals surface area (Å²) < 4.78 is 13.0. The van der Waals surface area contributed by atoms with Crippen LogP contribution < -0.4 is 0 Å². The molecule has 0 atom stereocenters. The summed E-state index contributed by atoms with van der Waals surface area (Å²) in [5.74, 6) is 0.634. The normalized spacial score (nSPS) is 11.6. The van der Waals surface area contributed by atoms with Crippen LogP contribution in [-0.4, -0.2) is 15.0 Å². The Morgan fingerprint density at radius 2 is 0.960 bits per heavy atom. The zero-order valence-corrected chi connectivity index (χ0v) is 26.7. The number of benzene rings is 6. The van der Waals surface area contributed by atoms with E-state index in [1.165, 1.54) is 0 Å². The van der Waals surface area contributed by atoms with Crippen LogP contribution in [0.3, 0.4) is 0 Å². The van der Waals surface area contributed by atoms with Crippen LogP contribution in [0.25, 0.3) is 100 Å². The molecule has 4 aromatic heterocycles. The van der Waals surface area contributed by atoms with Crippen molar-refractivity contribution in [2.24, 2.45) is 0 Å². The molecule has 50 heavy (non-hydrogen) atoms. The molecule has 4 heterocycles. The van der Waals surface area contributed by atoms with E-state index >= 15 is 0 Å². The van der Waals surface area contributed by atoms with E-state index in [-0.39, 0.29) is 0 Å². The molecule has 10 aromatic rings. The highest BCUT2D eigenvalue weighted by molar-refractivity contribution is 6.20. The minimum Gasteiger partial charge on any atom is -0.456 e. The van der Waals surface area contributed by atoms with Gasteiger partial charge in [-0.15, -0.1) is 0 Å². The molecule has 0 aliphatic rings. The van der Waals surface area contributed by atoms with Crippen molar-refractivity contribution in [3.05, 3.63) is 164 Å². The maximum Gasteiger partial charge on any atom is 0.161 e. The lowest BCUT2D eigenvalue weighted by atomic mass is 9.95. The highest BCUT2D eigenvalue weighted by Gasteiger charge is 2.22. The van der Waals surface area contributed by atoms with Gasteiger partial charge in [-0.3, -0.25) is 4.98 Å². The van der Waals surface area contributed by atoms with Gasteiger partial charge >= 0.3 is 0 Å². The number of pyridine rings is 1. The first kappa shape index (κ1) is 28.2. The fraction of sp³-hybridized carbons (Fsp3) is 0. The monoisotopic (exact) mass is 641 g/mol. The molecule has 0 radical (unpaired) electrons. The van der Waals surface area contributed by atoms with E-state index in [1.54, 1.807) is 0 Å². The van der Waals surface area contributed by atoms with Crippen molar-refractivity contribution in [2.45, 2.75) is 0 Å². The molecular formula is C45H27N3O2. The zero-order chi connectivity index (χ0) is 33.0. The third-order valence-electron chi connectivity index (χ3n) is 9.45. The van der Waals surface area contributed by atoms with Crippen LogP contribution in [0.1, 0.15) is 0 Å². The summed E-state index contributed by atoms with van der Waals surface area (Å²) in [5, 5.41) is 4.13. The van der Waals surface area contributed by atoms with Crippen LogP contribution in [0.5, 0.6) is 0 Å². The summed E-state index contributed by atoms with van der Waals surface area (Å²) in [4.78, 5) is 14.6. The van der Waals surface area contributed by atoms with Gasteiger partial charge in [0.1, 0.15) is 22.3 Å². The van der Waals surface area contributed by atoms with Crippen molar-refractivity contribution < 1.29 is 8.83 Å². The first-order valence-electron chi connectivity index (χ1n) is 16.6. The summed E-state index contributed by atoms with van der Waals surface area (Å²) in [5.41, 5.74) is 12.2. The van der Waals surface area contributed by atoms with E-state index in [1.807, 2.05) is 79.1 Å². The minimum atomic E-state index is 0.634. The quantitative estimate of drug-likeness (QED) is 0.187. The lowest BCUT2D eigenvalue weighted by Crippen LogP contribution is -1.97. The number of hydrogen-bond acceptors (Lipinski definition) is 5. The van der Waals surface area contributed by atoms with Gasteiger partial charge in [-0.05, 0) is 65.2 Å². The molecule has 0 saturated carbocycles. The smallest absolute Gasteiger partial charge is 0.161 e. The Morgan fingerprint density at radius 3 is 1.72 bits per heavy atom. The van der Waals surface area contributed by atoms with Crippen LogP contribution in [0.2, 0.25) is 0 Å². The van der Waals surface area contributed by atoms with Gasteiger partial charge in [-0.1, -0.05) is 103 Å². The van der Waals surface area contributed by atoms with E-state index < -0.39 is 0 Å². The molecule has 0 amide bonds. The number of hydrogen-bond donors (Lipinski definition) is 0. The molecule has 0 aliphatic heterocycles. The van der Waals surface area contributed by atoms with Gasteiger partial charge < -0.3 is 8.83 Å². The molecule has 0 bridgehead atoms. The van der Waals surface area contributed by atoms with Crippen LogP contribution in [0, 0.1) is 0 Å². The van der Waals surface area contributed by atoms with Gasteiger partial charge in [0.15, 0.2) is 5.82 Å². The molecule has 0 aliphatic carbocycles. The fourth-order valence-electron chi connectivity index (χ4n) is 7.08. The molecular weight excluding hydrogens is 615 g/mol. The molecule has 5 heteroatoms. The fourth-order valence-corrected chi connectivity index (χ4v) is 7.08. The van der Waals surface area contributed by atoms with Crippen molar-refractivity contribution in [1.29, 1.82) is 0 Å². The highest BCUT2D eigenvalue weighted by atomic mass is 16.3. The van der Waals surface area contributed by atoms with Crippen LogP contribution in [-0.2, 0) is 0 Å². The Morgan fingerprint density at radius 1 is 0.380 bits per heavy atom. The lowest BCUT2D eigenvalue weighted by Gasteiger charge is -2.12. The molecule has 0 saturated heterocycles. The number of furan rings is 2. The second kappa shape index (κ2) is 11.4. The highest BCUT2D eigenvalue weighted by Crippen LogP contribution is 2.45. The average molecular weight is 642 g/mol. The van der Waals surface area contributed by atoms with E-state index in [9.17, 15) is 0 Å². The van der Waals surface area contributed by atoms with Crippen LogP contribution >= 0.6 is 0 Å². The summed E-state index contributed by atoms with van der Waals surface area (Å²) in [6.45, 7) is 0. The first-order valence-corrected chi connectivity index (χ1v) is 16.6. The molecule has 5 nitrogen and oxygen atoms in total. The van der Waals surface area contributed by atoms with Gasteiger partial charge in [0.05, 0.1) is 11.4 Å². The molecule has 6 aromatic carbocycles. The van der Waals surface area contributed by atoms with Gasteiger partial charge in [0.25, 0.3) is 0 Å². The van der Waals surface area contributed by atoms with Gasteiger partial charge in [0.2, 0.25) is 0 Å². The number of fused-ring (bicyclic) bond motifs is 6.